The van der Waals surface area contributed by atoms with Crippen molar-refractivity contribution >= 4 is 22.3 Å². The van der Waals surface area contributed by atoms with Crippen molar-refractivity contribution in [3.63, 3.8) is 0 Å². The number of nitrogens with one attached hydrogen (secondary N) is 1. The summed E-state index contributed by atoms with van der Waals surface area (Å²) in [6, 6.07) is 0. The highest BCUT2D eigenvalue weighted by Gasteiger charge is 2.43. The van der Waals surface area contributed by atoms with Crippen molar-refractivity contribution in [1.29, 1.82) is 5.41 Å². The largest absolute Gasteiger partial charge is 0.399 e. The molecule has 3 N–H and O–H groups in total. The van der Waals surface area contributed by atoms with E-state index < -0.39 is 17.9 Å². The normalized spacial score (nSPS) is 19.1. The van der Waals surface area contributed by atoms with E-state index in [2.05, 4.69) is 9.88 Å². The Morgan fingerprint density at radius 3 is 2.50 bits per heavy atom. The minimum atomic E-state index is -4.46. The molecule has 5 nitrogen and oxygen atoms in total. The van der Waals surface area contributed by atoms with Crippen molar-refractivity contribution < 1.29 is 13.2 Å². The number of anilines is 1. The molecular formula is C11H16F3N5S. The van der Waals surface area contributed by atoms with Gasteiger partial charge in [0.25, 0.3) is 0 Å². The molecule has 0 aliphatic carbocycles. The first-order valence-corrected chi connectivity index (χ1v) is 7.03. The van der Waals surface area contributed by atoms with Gasteiger partial charge in [-0.2, -0.15) is 13.2 Å². The summed E-state index contributed by atoms with van der Waals surface area (Å²) in [4.78, 5) is 7.94. The average molecular weight is 307 g/mol. The number of hydrogen-bond donors (Lipinski definition) is 2. The maximum Gasteiger partial charge on any atom is 0.399 e. The summed E-state index contributed by atoms with van der Waals surface area (Å²) in [7, 11) is 0. The van der Waals surface area contributed by atoms with Crippen LogP contribution >= 0.6 is 11.3 Å². The van der Waals surface area contributed by atoms with Crippen LogP contribution in [0.1, 0.15) is 0 Å². The first-order chi connectivity index (χ1) is 9.38. The quantitative estimate of drug-likeness (QED) is 0.651. The van der Waals surface area contributed by atoms with Gasteiger partial charge in [-0.3, -0.25) is 10.3 Å². The number of piperazine rings is 1. The fourth-order valence-corrected chi connectivity index (χ4v) is 2.83. The second-order valence-corrected chi connectivity index (χ2v) is 5.52. The molecule has 1 aromatic rings. The summed E-state index contributed by atoms with van der Waals surface area (Å²) in [6.45, 7) is 2.05. The monoisotopic (exact) mass is 307 g/mol. The van der Waals surface area contributed by atoms with Crippen LogP contribution in [-0.4, -0.2) is 54.6 Å². The Labute approximate surface area is 118 Å². The smallest absolute Gasteiger partial charge is 0.387 e. The SMILES string of the molecule is N=C(N)C(CN1CCN(c2nccs2)CC1)C(F)(F)F. The van der Waals surface area contributed by atoms with Gasteiger partial charge in [0.15, 0.2) is 5.13 Å². The number of nitrogens with zero attached hydrogens (tertiary/aromatic N) is 3. The maximum absolute atomic E-state index is 12.8. The lowest BCUT2D eigenvalue weighted by Gasteiger charge is -2.36. The van der Waals surface area contributed by atoms with Crippen LogP contribution in [0.5, 0.6) is 0 Å². The molecule has 1 aliphatic heterocycles. The van der Waals surface area contributed by atoms with E-state index >= 15 is 0 Å². The summed E-state index contributed by atoms with van der Waals surface area (Å²) in [5.41, 5.74) is 5.06. The minimum Gasteiger partial charge on any atom is -0.387 e. The number of hydrogen-bond acceptors (Lipinski definition) is 5. The topological polar surface area (TPSA) is 69.2 Å². The Bertz CT molecular complexity index is 439. The highest BCUT2D eigenvalue weighted by Crippen LogP contribution is 2.27. The van der Waals surface area contributed by atoms with Crippen LogP contribution in [0.3, 0.4) is 0 Å². The summed E-state index contributed by atoms with van der Waals surface area (Å²) < 4.78 is 38.3. The predicted molar refractivity (Wildman–Crippen MR) is 72.2 cm³/mol. The van der Waals surface area contributed by atoms with Gasteiger partial charge < -0.3 is 10.6 Å². The number of rotatable bonds is 4. The standard InChI is InChI=1S/C11H16F3N5S/c12-11(13,14)8(9(15)16)7-18-2-4-19(5-3-18)10-17-1-6-20-10/h1,6,8H,2-5,7H2,(H3,15,16). The molecule has 1 unspecified atom stereocenters. The van der Waals surface area contributed by atoms with E-state index in [1.54, 1.807) is 11.1 Å². The fraction of sp³-hybridized carbons (Fsp3) is 0.636. The van der Waals surface area contributed by atoms with Crippen LogP contribution < -0.4 is 10.6 Å². The number of aromatic nitrogens is 1. The lowest BCUT2D eigenvalue weighted by atomic mass is 10.1. The van der Waals surface area contributed by atoms with Crippen LogP contribution in [0.15, 0.2) is 11.6 Å². The second kappa shape index (κ2) is 5.96. The Balaban J connectivity index is 1.89. The molecule has 20 heavy (non-hydrogen) atoms. The van der Waals surface area contributed by atoms with E-state index in [-0.39, 0.29) is 6.54 Å². The van der Waals surface area contributed by atoms with E-state index in [1.165, 1.54) is 11.3 Å². The van der Waals surface area contributed by atoms with Crippen LogP contribution in [0.2, 0.25) is 0 Å². The molecule has 1 atom stereocenters. The summed E-state index contributed by atoms with van der Waals surface area (Å²) in [5, 5.41) is 9.86. The van der Waals surface area contributed by atoms with E-state index in [0.717, 1.165) is 5.13 Å². The van der Waals surface area contributed by atoms with E-state index in [1.807, 2.05) is 5.38 Å². The third-order valence-corrected chi connectivity index (χ3v) is 4.11. The van der Waals surface area contributed by atoms with E-state index in [4.69, 9.17) is 11.1 Å². The van der Waals surface area contributed by atoms with Crippen LogP contribution in [-0.2, 0) is 0 Å². The third kappa shape index (κ3) is 3.60. The molecule has 1 saturated heterocycles. The third-order valence-electron chi connectivity index (χ3n) is 3.27. The molecule has 1 fully saturated rings. The van der Waals surface area contributed by atoms with Crippen LogP contribution in [0.25, 0.3) is 0 Å². The fourth-order valence-electron chi connectivity index (χ4n) is 2.13. The first kappa shape index (κ1) is 15.0. The van der Waals surface area contributed by atoms with Crippen molar-refractivity contribution in [2.45, 2.75) is 6.18 Å². The highest BCUT2D eigenvalue weighted by molar-refractivity contribution is 7.13. The van der Waals surface area contributed by atoms with Gasteiger partial charge in [0, 0.05) is 44.3 Å². The number of nitrogens with two attached hydrogens (primary N) is 1. The highest BCUT2D eigenvalue weighted by atomic mass is 32.1. The lowest BCUT2D eigenvalue weighted by Crippen LogP contribution is -2.51. The van der Waals surface area contributed by atoms with Gasteiger partial charge in [-0.25, -0.2) is 4.98 Å². The molecule has 112 valence electrons. The van der Waals surface area contributed by atoms with Crippen molar-refractivity contribution in [2.75, 3.05) is 37.6 Å². The van der Waals surface area contributed by atoms with E-state index in [9.17, 15) is 13.2 Å². The summed E-state index contributed by atoms with van der Waals surface area (Å²) in [6.07, 6.45) is -2.75. The van der Waals surface area contributed by atoms with Crippen LogP contribution in [0, 0.1) is 11.3 Å². The van der Waals surface area contributed by atoms with Gasteiger partial charge in [0.05, 0.1) is 0 Å². The number of halogens is 3. The summed E-state index contributed by atoms with van der Waals surface area (Å²) in [5.74, 6) is -2.70. The molecule has 0 amide bonds. The average Bonchev–Trinajstić information content (AvgIpc) is 2.88. The number of alkyl halides is 3. The molecule has 1 aliphatic rings. The molecule has 2 heterocycles. The molecule has 1 aromatic heterocycles. The van der Waals surface area contributed by atoms with E-state index in [0.29, 0.717) is 26.2 Å². The van der Waals surface area contributed by atoms with Gasteiger partial charge in [-0.1, -0.05) is 0 Å². The molecule has 0 saturated carbocycles. The molecule has 0 bridgehead atoms. The molecule has 0 aromatic carbocycles. The molecule has 0 radical (unpaired) electrons. The minimum absolute atomic E-state index is 0.245. The molecule has 2 rings (SSSR count). The zero-order valence-corrected chi connectivity index (χ0v) is 11.5. The van der Waals surface area contributed by atoms with Crippen molar-refractivity contribution in [1.82, 2.24) is 9.88 Å². The molecular weight excluding hydrogens is 291 g/mol. The Hall–Kier alpha value is -1.35. The summed E-state index contributed by atoms with van der Waals surface area (Å²) >= 11 is 1.52. The van der Waals surface area contributed by atoms with Gasteiger partial charge in [-0.15, -0.1) is 11.3 Å². The molecule has 0 spiro atoms. The lowest BCUT2D eigenvalue weighted by molar-refractivity contribution is -0.160. The number of amidine groups is 1. The first-order valence-electron chi connectivity index (χ1n) is 6.15. The van der Waals surface area contributed by atoms with Crippen molar-refractivity contribution in [3.05, 3.63) is 11.6 Å². The molecule has 9 heteroatoms. The van der Waals surface area contributed by atoms with Crippen LogP contribution in [0.4, 0.5) is 18.3 Å². The number of thiazole rings is 1. The maximum atomic E-state index is 12.8. The van der Waals surface area contributed by atoms with Gasteiger partial charge in [-0.05, 0) is 0 Å². The van der Waals surface area contributed by atoms with Crippen molar-refractivity contribution in [2.24, 2.45) is 11.7 Å². The Kier molecular flexibility index (Phi) is 4.48. The predicted octanol–water partition coefficient (Wildman–Crippen LogP) is 1.38. The second-order valence-electron chi connectivity index (χ2n) is 4.65. The zero-order valence-electron chi connectivity index (χ0n) is 10.7. The van der Waals surface area contributed by atoms with Gasteiger partial charge >= 0.3 is 6.18 Å². The van der Waals surface area contributed by atoms with Gasteiger partial charge in [0.1, 0.15) is 11.8 Å². The Morgan fingerprint density at radius 1 is 1.40 bits per heavy atom. The van der Waals surface area contributed by atoms with Crippen molar-refractivity contribution in [3.8, 4) is 0 Å². The van der Waals surface area contributed by atoms with Gasteiger partial charge in [0.2, 0.25) is 0 Å². The zero-order chi connectivity index (χ0) is 14.8. The Morgan fingerprint density at radius 2 is 2.05 bits per heavy atom.